The van der Waals surface area contributed by atoms with E-state index in [-0.39, 0.29) is 0 Å². The third kappa shape index (κ3) is 4.37. The SMILES string of the molecule is CC(C)(C)OC(=O)/N=C/C1CCNC1. The van der Waals surface area contributed by atoms with Crippen LogP contribution in [0.4, 0.5) is 4.79 Å². The molecule has 1 amide bonds. The summed E-state index contributed by atoms with van der Waals surface area (Å²) in [6.07, 6.45) is 2.24. The Kier molecular flexibility index (Phi) is 3.63. The summed E-state index contributed by atoms with van der Waals surface area (Å²) in [5.41, 5.74) is -0.456. The molecule has 0 saturated carbocycles. The second-order valence-corrected chi connectivity index (χ2v) is 4.51. The first-order valence-electron chi connectivity index (χ1n) is 4.95. The van der Waals surface area contributed by atoms with Crippen molar-refractivity contribution in [2.75, 3.05) is 13.1 Å². The molecular formula is C10H18N2O2. The minimum Gasteiger partial charge on any atom is -0.442 e. The van der Waals surface area contributed by atoms with Crippen molar-refractivity contribution in [2.24, 2.45) is 10.9 Å². The third-order valence-corrected chi connectivity index (χ3v) is 1.88. The number of carbonyl (C=O) groups is 1. The van der Waals surface area contributed by atoms with Gasteiger partial charge < -0.3 is 10.1 Å². The van der Waals surface area contributed by atoms with Crippen molar-refractivity contribution >= 4 is 12.3 Å². The van der Waals surface area contributed by atoms with Gasteiger partial charge in [-0.05, 0) is 33.7 Å². The fourth-order valence-electron chi connectivity index (χ4n) is 1.26. The summed E-state index contributed by atoms with van der Waals surface area (Å²) in [5, 5.41) is 3.20. The summed E-state index contributed by atoms with van der Waals surface area (Å²) in [5.74, 6) is 0.377. The van der Waals surface area contributed by atoms with Gasteiger partial charge in [-0.15, -0.1) is 0 Å². The van der Waals surface area contributed by atoms with Crippen LogP contribution in [0.15, 0.2) is 4.99 Å². The Bertz CT molecular complexity index is 225. The fourth-order valence-corrected chi connectivity index (χ4v) is 1.26. The highest BCUT2D eigenvalue weighted by Gasteiger charge is 2.16. The third-order valence-electron chi connectivity index (χ3n) is 1.88. The van der Waals surface area contributed by atoms with Crippen molar-refractivity contribution in [3.63, 3.8) is 0 Å². The maximum Gasteiger partial charge on any atom is 0.433 e. The molecule has 1 saturated heterocycles. The molecule has 1 unspecified atom stereocenters. The van der Waals surface area contributed by atoms with Gasteiger partial charge in [0.2, 0.25) is 0 Å². The summed E-state index contributed by atoms with van der Waals surface area (Å²) < 4.78 is 5.04. The number of nitrogens with one attached hydrogen (secondary N) is 1. The highest BCUT2D eigenvalue weighted by Crippen LogP contribution is 2.09. The topological polar surface area (TPSA) is 50.7 Å². The Morgan fingerprint density at radius 2 is 2.29 bits per heavy atom. The van der Waals surface area contributed by atoms with Crippen molar-refractivity contribution in [3.8, 4) is 0 Å². The van der Waals surface area contributed by atoms with Gasteiger partial charge in [0.1, 0.15) is 5.60 Å². The normalized spacial score (nSPS) is 22.9. The number of carbonyl (C=O) groups excluding carboxylic acids is 1. The Morgan fingerprint density at radius 3 is 2.79 bits per heavy atom. The smallest absolute Gasteiger partial charge is 0.433 e. The zero-order valence-corrected chi connectivity index (χ0v) is 9.04. The van der Waals surface area contributed by atoms with Crippen LogP contribution in [0.3, 0.4) is 0 Å². The summed E-state index contributed by atoms with van der Waals surface area (Å²) in [6, 6.07) is 0. The molecule has 1 aliphatic heterocycles. The lowest BCUT2D eigenvalue weighted by atomic mass is 10.1. The maximum absolute atomic E-state index is 11.2. The van der Waals surface area contributed by atoms with E-state index < -0.39 is 11.7 Å². The number of nitrogens with zero attached hydrogens (tertiary/aromatic N) is 1. The first-order valence-corrected chi connectivity index (χ1v) is 4.95. The molecule has 1 atom stereocenters. The van der Waals surface area contributed by atoms with Crippen molar-refractivity contribution in [1.29, 1.82) is 0 Å². The van der Waals surface area contributed by atoms with Crippen LogP contribution < -0.4 is 5.32 Å². The van der Waals surface area contributed by atoms with Gasteiger partial charge >= 0.3 is 6.09 Å². The molecular weight excluding hydrogens is 180 g/mol. The molecule has 0 bridgehead atoms. The number of ether oxygens (including phenoxy) is 1. The largest absolute Gasteiger partial charge is 0.442 e. The number of aliphatic imine (C=N–C) groups is 1. The van der Waals surface area contributed by atoms with E-state index in [4.69, 9.17) is 4.74 Å². The van der Waals surface area contributed by atoms with Crippen molar-refractivity contribution in [1.82, 2.24) is 5.32 Å². The molecule has 0 aromatic rings. The molecule has 0 aliphatic carbocycles. The highest BCUT2D eigenvalue weighted by molar-refractivity contribution is 5.80. The first kappa shape index (κ1) is 11.2. The van der Waals surface area contributed by atoms with Crippen molar-refractivity contribution < 1.29 is 9.53 Å². The molecule has 80 valence electrons. The predicted molar refractivity (Wildman–Crippen MR) is 55.7 cm³/mol. The van der Waals surface area contributed by atoms with Crippen LogP contribution in [0.1, 0.15) is 27.2 Å². The van der Waals surface area contributed by atoms with Gasteiger partial charge in [0.05, 0.1) is 0 Å². The van der Waals surface area contributed by atoms with Crippen LogP contribution in [-0.4, -0.2) is 31.0 Å². The lowest BCUT2D eigenvalue weighted by molar-refractivity contribution is 0.0604. The number of amides is 1. The average molecular weight is 198 g/mol. The van der Waals surface area contributed by atoms with Gasteiger partial charge in [0, 0.05) is 18.7 Å². The number of hydrogen-bond acceptors (Lipinski definition) is 3. The lowest BCUT2D eigenvalue weighted by Crippen LogP contribution is -2.22. The molecule has 0 radical (unpaired) electrons. The minimum absolute atomic E-state index is 0.377. The Labute approximate surface area is 84.7 Å². The first-order chi connectivity index (χ1) is 6.47. The molecule has 14 heavy (non-hydrogen) atoms. The van der Waals surface area contributed by atoms with E-state index in [0.29, 0.717) is 5.92 Å². The van der Waals surface area contributed by atoms with Gasteiger partial charge in [-0.1, -0.05) is 0 Å². The highest BCUT2D eigenvalue weighted by atomic mass is 16.6. The van der Waals surface area contributed by atoms with Gasteiger partial charge in [0.15, 0.2) is 0 Å². The predicted octanol–water partition coefficient (Wildman–Crippen LogP) is 1.60. The standard InChI is InChI=1S/C10H18N2O2/c1-10(2,3)14-9(13)12-7-8-4-5-11-6-8/h7-8,11H,4-6H2,1-3H3/b12-7+. The summed E-state index contributed by atoms with van der Waals surface area (Å²) in [7, 11) is 0. The van der Waals surface area contributed by atoms with Gasteiger partial charge in [0.25, 0.3) is 0 Å². The van der Waals surface area contributed by atoms with E-state index in [1.54, 1.807) is 6.21 Å². The van der Waals surface area contributed by atoms with E-state index in [0.717, 1.165) is 19.5 Å². The van der Waals surface area contributed by atoms with E-state index in [2.05, 4.69) is 10.3 Å². The van der Waals surface area contributed by atoms with E-state index in [1.165, 1.54) is 0 Å². The fraction of sp³-hybridized carbons (Fsp3) is 0.800. The molecule has 0 aromatic heterocycles. The molecule has 1 heterocycles. The molecule has 4 nitrogen and oxygen atoms in total. The zero-order valence-electron chi connectivity index (χ0n) is 9.04. The average Bonchev–Trinajstić information content (AvgIpc) is 2.49. The summed E-state index contributed by atoms with van der Waals surface area (Å²) >= 11 is 0. The molecule has 1 aliphatic rings. The Morgan fingerprint density at radius 1 is 1.57 bits per heavy atom. The van der Waals surface area contributed by atoms with Crippen LogP contribution >= 0.6 is 0 Å². The van der Waals surface area contributed by atoms with Crippen LogP contribution in [0.25, 0.3) is 0 Å². The quantitative estimate of drug-likeness (QED) is 0.651. The van der Waals surface area contributed by atoms with Crippen LogP contribution in [0, 0.1) is 5.92 Å². The number of hydrogen-bond donors (Lipinski definition) is 1. The lowest BCUT2D eigenvalue weighted by Gasteiger charge is -2.17. The van der Waals surface area contributed by atoms with Gasteiger partial charge in [-0.25, -0.2) is 4.79 Å². The second-order valence-electron chi connectivity index (χ2n) is 4.51. The Balaban J connectivity index is 2.32. The van der Waals surface area contributed by atoms with E-state index in [9.17, 15) is 4.79 Å². The molecule has 0 spiro atoms. The van der Waals surface area contributed by atoms with Gasteiger partial charge in [-0.2, -0.15) is 4.99 Å². The van der Waals surface area contributed by atoms with E-state index in [1.807, 2.05) is 20.8 Å². The molecule has 1 N–H and O–H groups in total. The second kappa shape index (κ2) is 4.55. The van der Waals surface area contributed by atoms with Crippen LogP contribution in [0.5, 0.6) is 0 Å². The zero-order chi connectivity index (χ0) is 10.6. The monoisotopic (exact) mass is 198 g/mol. The molecule has 1 fully saturated rings. The summed E-state index contributed by atoms with van der Waals surface area (Å²) in [6.45, 7) is 7.41. The van der Waals surface area contributed by atoms with Crippen molar-refractivity contribution in [2.45, 2.75) is 32.8 Å². The van der Waals surface area contributed by atoms with E-state index >= 15 is 0 Å². The van der Waals surface area contributed by atoms with Crippen molar-refractivity contribution in [3.05, 3.63) is 0 Å². The van der Waals surface area contributed by atoms with Gasteiger partial charge in [-0.3, -0.25) is 0 Å². The Hall–Kier alpha value is -0.900. The summed E-state index contributed by atoms with van der Waals surface area (Å²) in [4.78, 5) is 14.9. The number of rotatable bonds is 1. The minimum atomic E-state index is -0.496. The van der Waals surface area contributed by atoms with Crippen LogP contribution in [-0.2, 0) is 4.74 Å². The van der Waals surface area contributed by atoms with Crippen LogP contribution in [0.2, 0.25) is 0 Å². The molecule has 0 aromatic carbocycles. The molecule has 1 rings (SSSR count). The molecule has 4 heteroatoms. The maximum atomic E-state index is 11.2.